The van der Waals surface area contributed by atoms with Crippen LogP contribution in [0.1, 0.15) is 5.82 Å². The van der Waals surface area contributed by atoms with Crippen molar-refractivity contribution in [1.82, 2.24) is 9.97 Å². The van der Waals surface area contributed by atoms with Crippen LogP contribution < -0.4 is 20.1 Å². The molecular formula is C16H20N4O2. The van der Waals surface area contributed by atoms with Gasteiger partial charge >= 0.3 is 0 Å². The summed E-state index contributed by atoms with van der Waals surface area (Å²) < 4.78 is 10.6. The highest BCUT2D eigenvalue weighted by molar-refractivity contribution is 5.67. The van der Waals surface area contributed by atoms with Gasteiger partial charge in [0.25, 0.3) is 0 Å². The molecule has 22 heavy (non-hydrogen) atoms. The lowest BCUT2D eigenvalue weighted by Crippen LogP contribution is -2.05. The van der Waals surface area contributed by atoms with Crippen LogP contribution in [0.2, 0.25) is 0 Å². The van der Waals surface area contributed by atoms with Crippen LogP contribution in [0.3, 0.4) is 0 Å². The zero-order chi connectivity index (χ0) is 15.9. The molecule has 1 aromatic carbocycles. The number of nitrogens with one attached hydrogen (secondary N) is 2. The topological polar surface area (TPSA) is 68.3 Å². The van der Waals surface area contributed by atoms with Crippen molar-refractivity contribution < 1.29 is 9.47 Å². The molecule has 1 heterocycles. The van der Waals surface area contributed by atoms with Gasteiger partial charge in [-0.2, -0.15) is 0 Å². The molecule has 0 spiro atoms. The molecule has 0 amide bonds. The Morgan fingerprint density at radius 1 is 1.14 bits per heavy atom. The Morgan fingerprint density at radius 3 is 2.59 bits per heavy atom. The first-order valence-electron chi connectivity index (χ1n) is 6.85. The first kappa shape index (κ1) is 15.6. The van der Waals surface area contributed by atoms with Gasteiger partial charge in [0.15, 0.2) is 0 Å². The Morgan fingerprint density at radius 2 is 1.91 bits per heavy atom. The number of rotatable bonds is 7. The second-order valence-electron chi connectivity index (χ2n) is 4.55. The molecule has 0 fully saturated rings. The van der Waals surface area contributed by atoms with Crippen molar-refractivity contribution in [3.63, 3.8) is 0 Å². The molecule has 1 aromatic heterocycles. The Bertz CT molecular complexity index is 659. The van der Waals surface area contributed by atoms with Gasteiger partial charge in [-0.1, -0.05) is 6.08 Å². The molecule has 0 atom stereocenters. The van der Waals surface area contributed by atoms with E-state index in [1.165, 1.54) is 0 Å². The average molecular weight is 300 g/mol. The molecule has 2 N–H and O–H groups in total. The van der Waals surface area contributed by atoms with Gasteiger partial charge in [0.05, 0.1) is 19.9 Å². The predicted octanol–water partition coefficient (Wildman–Crippen LogP) is 3.14. The van der Waals surface area contributed by atoms with Crippen LogP contribution in [-0.2, 0) is 0 Å². The fourth-order valence-electron chi connectivity index (χ4n) is 1.94. The minimum absolute atomic E-state index is 0.641. The van der Waals surface area contributed by atoms with Crippen LogP contribution in [0.15, 0.2) is 36.9 Å². The largest absolute Gasteiger partial charge is 0.497 e. The molecule has 0 aliphatic rings. The van der Waals surface area contributed by atoms with Gasteiger partial charge in [-0.3, -0.25) is 0 Å². The fourth-order valence-corrected chi connectivity index (χ4v) is 1.94. The zero-order valence-electron chi connectivity index (χ0n) is 13.0. The van der Waals surface area contributed by atoms with Crippen LogP contribution in [0.5, 0.6) is 11.5 Å². The van der Waals surface area contributed by atoms with Crippen LogP contribution in [0.4, 0.5) is 17.3 Å². The summed E-state index contributed by atoms with van der Waals surface area (Å²) in [6.07, 6.45) is 1.77. The Hall–Kier alpha value is -2.76. The lowest BCUT2D eigenvalue weighted by Gasteiger charge is -2.13. The third-order valence-corrected chi connectivity index (χ3v) is 2.94. The van der Waals surface area contributed by atoms with Gasteiger partial charge in [-0.15, -0.1) is 6.58 Å². The van der Waals surface area contributed by atoms with E-state index in [4.69, 9.17) is 9.47 Å². The number of ether oxygens (including phenoxy) is 2. The molecule has 0 unspecified atom stereocenters. The molecule has 0 bridgehead atoms. The van der Waals surface area contributed by atoms with E-state index in [2.05, 4.69) is 27.2 Å². The standard InChI is InChI=1S/C16H20N4O2/c1-5-8-17-15-10-16(19-11(2)18-15)20-13-7-6-12(21-3)9-14(13)22-4/h5-7,9-10H,1,8H2,2-4H3,(H2,17,18,19,20). The molecule has 0 saturated carbocycles. The van der Waals surface area contributed by atoms with Crippen molar-refractivity contribution in [3.8, 4) is 11.5 Å². The van der Waals surface area contributed by atoms with Crippen molar-refractivity contribution in [1.29, 1.82) is 0 Å². The maximum Gasteiger partial charge on any atom is 0.146 e. The number of benzene rings is 1. The quantitative estimate of drug-likeness (QED) is 0.766. The first-order valence-corrected chi connectivity index (χ1v) is 6.85. The van der Waals surface area contributed by atoms with Gasteiger partial charge in [0, 0.05) is 18.7 Å². The number of aryl methyl sites for hydroxylation is 1. The highest BCUT2D eigenvalue weighted by atomic mass is 16.5. The Labute approximate surface area is 130 Å². The number of hydrogen-bond donors (Lipinski definition) is 2. The minimum atomic E-state index is 0.641. The molecule has 0 radical (unpaired) electrons. The summed E-state index contributed by atoms with van der Waals surface area (Å²) in [6.45, 7) is 6.16. The monoisotopic (exact) mass is 300 g/mol. The van der Waals surface area contributed by atoms with Crippen molar-refractivity contribution >= 4 is 17.3 Å². The van der Waals surface area contributed by atoms with Crippen LogP contribution in [0.25, 0.3) is 0 Å². The van der Waals surface area contributed by atoms with E-state index >= 15 is 0 Å². The minimum Gasteiger partial charge on any atom is -0.497 e. The molecule has 2 rings (SSSR count). The molecule has 2 aromatic rings. The smallest absolute Gasteiger partial charge is 0.146 e. The van der Waals surface area contributed by atoms with E-state index in [0.29, 0.717) is 23.9 Å². The third-order valence-electron chi connectivity index (χ3n) is 2.94. The normalized spacial score (nSPS) is 9.95. The summed E-state index contributed by atoms with van der Waals surface area (Å²) in [5.74, 6) is 3.50. The van der Waals surface area contributed by atoms with Crippen LogP contribution in [0, 0.1) is 6.92 Å². The number of anilines is 3. The van der Waals surface area contributed by atoms with Crippen LogP contribution in [-0.4, -0.2) is 30.7 Å². The average Bonchev–Trinajstić information content (AvgIpc) is 2.52. The third kappa shape index (κ3) is 3.88. The summed E-state index contributed by atoms with van der Waals surface area (Å²) in [7, 11) is 3.23. The Kier molecular flexibility index (Phi) is 5.19. The summed E-state index contributed by atoms with van der Waals surface area (Å²) in [6, 6.07) is 7.38. The summed E-state index contributed by atoms with van der Waals surface area (Å²) in [5.41, 5.74) is 0.802. The zero-order valence-corrected chi connectivity index (χ0v) is 13.0. The predicted molar refractivity (Wildman–Crippen MR) is 88.3 cm³/mol. The second-order valence-corrected chi connectivity index (χ2v) is 4.55. The molecule has 6 nitrogen and oxygen atoms in total. The maximum atomic E-state index is 5.37. The number of aromatic nitrogens is 2. The molecular weight excluding hydrogens is 280 g/mol. The van der Waals surface area contributed by atoms with E-state index < -0.39 is 0 Å². The summed E-state index contributed by atoms with van der Waals surface area (Å²) >= 11 is 0. The number of nitrogens with zero attached hydrogens (tertiary/aromatic N) is 2. The van der Waals surface area contributed by atoms with E-state index in [-0.39, 0.29) is 0 Å². The van der Waals surface area contributed by atoms with Crippen molar-refractivity contribution in [2.75, 3.05) is 31.4 Å². The number of methoxy groups -OCH3 is 2. The van der Waals surface area contributed by atoms with Crippen molar-refractivity contribution in [2.24, 2.45) is 0 Å². The SMILES string of the molecule is C=CCNc1cc(Nc2ccc(OC)cc2OC)nc(C)n1. The highest BCUT2D eigenvalue weighted by Gasteiger charge is 2.07. The van der Waals surface area contributed by atoms with Crippen LogP contribution >= 0.6 is 0 Å². The molecule has 6 heteroatoms. The van der Waals surface area contributed by atoms with Gasteiger partial charge in [-0.05, 0) is 19.1 Å². The van der Waals surface area contributed by atoms with Crippen molar-refractivity contribution in [3.05, 3.63) is 42.7 Å². The second kappa shape index (κ2) is 7.31. The molecule has 116 valence electrons. The maximum absolute atomic E-state index is 5.37. The lowest BCUT2D eigenvalue weighted by atomic mass is 10.2. The molecule has 0 saturated heterocycles. The Balaban J connectivity index is 2.26. The van der Waals surface area contributed by atoms with Gasteiger partial charge in [0.1, 0.15) is 29.0 Å². The van der Waals surface area contributed by atoms with E-state index in [1.54, 1.807) is 20.3 Å². The van der Waals surface area contributed by atoms with Crippen molar-refractivity contribution in [2.45, 2.75) is 6.92 Å². The first-order chi connectivity index (χ1) is 10.7. The molecule has 0 aliphatic carbocycles. The van der Waals surface area contributed by atoms with E-state index in [1.807, 2.05) is 31.2 Å². The highest BCUT2D eigenvalue weighted by Crippen LogP contribution is 2.31. The summed E-state index contributed by atoms with van der Waals surface area (Å²) in [5, 5.41) is 6.38. The molecule has 0 aliphatic heterocycles. The lowest BCUT2D eigenvalue weighted by molar-refractivity contribution is 0.395. The van der Waals surface area contributed by atoms with E-state index in [9.17, 15) is 0 Å². The fraction of sp³-hybridized carbons (Fsp3) is 0.250. The number of hydrogen-bond acceptors (Lipinski definition) is 6. The summed E-state index contributed by atoms with van der Waals surface area (Å²) in [4.78, 5) is 8.70. The van der Waals surface area contributed by atoms with Gasteiger partial charge < -0.3 is 20.1 Å². The van der Waals surface area contributed by atoms with E-state index in [0.717, 1.165) is 17.3 Å². The van der Waals surface area contributed by atoms with Gasteiger partial charge in [0.2, 0.25) is 0 Å². The van der Waals surface area contributed by atoms with Gasteiger partial charge in [-0.25, -0.2) is 9.97 Å².